The Balaban J connectivity index is 0.00000300. The smallest absolute Gasteiger partial charge is 0.354 e. The molecule has 0 unspecified atom stereocenters. The van der Waals surface area contributed by atoms with Crippen molar-refractivity contribution < 1.29 is 40.5 Å². The Labute approximate surface area is 172 Å². The van der Waals surface area contributed by atoms with E-state index >= 15 is 0 Å². The number of rotatable bonds is 7. The molecule has 10 nitrogen and oxygen atoms in total. The number of H-pyrrole nitrogens is 2. The van der Waals surface area contributed by atoms with Gasteiger partial charge in [0.2, 0.25) is 6.33 Å². The summed E-state index contributed by atoms with van der Waals surface area (Å²) in [7, 11) is -4.25. The van der Waals surface area contributed by atoms with Gasteiger partial charge in [-0.1, -0.05) is 12.1 Å². The molecule has 29 heavy (non-hydrogen) atoms. The van der Waals surface area contributed by atoms with Crippen molar-refractivity contribution in [3.8, 4) is 11.1 Å². The van der Waals surface area contributed by atoms with E-state index in [0.717, 1.165) is 11.9 Å². The van der Waals surface area contributed by atoms with Crippen molar-refractivity contribution in [3.63, 3.8) is 0 Å². The summed E-state index contributed by atoms with van der Waals surface area (Å²) in [5.41, 5.74) is 1.50. The Bertz CT molecular complexity index is 1110. The largest absolute Gasteiger partial charge is 1.00 e. The first-order chi connectivity index (χ1) is 13.3. The fourth-order valence-corrected chi connectivity index (χ4v) is 3.41. The molecule has 0 aliphatic heterocycles. The van der Waals surface area contributed by atoms with E-state index in [2.05, 4.69) is 15.3 Å². The van der Waals surface area contributed by atoms with E-state index in [-0.39, 0.29) is 23.9 Å². The minimum atomic E-state index is -4.25. The van der Waals surface area contributed by atoms with Crippen LogP contribution in [0.2, 0.25) is 0 Å². The van der Waals surface area contributed by atoms with Crippen molar-refractivity contribution in [1.82, 2.24) is 14.3 Å². The number of nitrogens with two attached hydrogens (primary N) is 1. The SMILES string of the molecule is NS(=O)(=O)n1ccc(-c2ccc(C(=O)NCCc3c[nH]c[nH+]3)cc2)c1C(=O)O.[Cl-]. The second kappa shape index (κ2) is 8.90. The molecular weight excluding hydrogens is 422 g/mol. The first-order valence-corrected chi connectivity index (χ1v) is 9.67. The highest BCUT2D eigenvalue weighted by Crippen LogP contribution is 2.26. The van der Waals surface area contributed by atoms with Gasteiger partial charge < -0.3 is 22.8 Å². The van der Waals surface area contributed by atoms with Crippen LogP contribution in [0.4, 0.5) is 0 Å². The fourth-order valence-electron chi connectivity index (χ4n) is 2.75. The molecule has 0 atom stereocenters. The van der Waals surface area contributed by atoms with E-state index in [0.29, 0.717) is 28.1 Å². The van der Waals surface area contributed by atoms with E-state index in [1.165, 1.54) is 18.2 Å². The van der Waals surface area contributed by atoms with E-state index < -0.39 is 21.9 Å². The Morgan fingerprint density at radius 2 is 1.90 bits per heavy atom. The molecule has 1 amide bonds. The van der Waals surface area contributed by atoms with Crippen molar-refractivity contribution in [3.05, 3.63) is 66.0 Å². The van der Waals surface area contributed by atoms with Crippen molar-refractivity contribution in [2.24, 2.45) is 5.14 Å². The van der Waals surface area contributed by atoms with Crippen LogP contribution in [0.5, 0.6) is 0 Å². The minimum Gasteiger partial charge on any atom is -1.00 e. The van der Waals surface area contributed by atoms with Crippen molar-refractivity contribution in [2.75, 3.05) is 6.54 Å². The van der Waals surface area contributed by atoms with Gasteiger partial charge in [-0.2, -0.15) is 8.42 Å². The molecule has 12 heteroatoms. The molecular formula is C17H18ClN5O5S. The standard InChI is InChI=1S/C17H17N5O5S.ClH/c18-28(26,27)22-8-6-14(15(22)17(24)25)11-1-3-12(4-2-11)16(23)20-7-5-13-9-19-10-21-13;/h1-4,6,8-10H,5,7H2,(H,19,21)(H,20,23)(H,24,25)(H2,18,26,27);1H. The third-order valence-corrected chi connectivity index (χ3v) is 4.92. The van der Waals surface area contributed by atoms with Crippen LogP contribution in [0.3, 0.4) is 0 Å². The van der Waals surface area contributed by atoms with Gasteiger partial charge in [0, 0.05) is 30.3 Å². The maximum atomic E-state index is 12.2. The summed E-state index contributed by atoms with van der Waals surface area (Å²) in [5, 5.41) is 17.2. The number of nitrogens with zero attached hydrogens (tertiary/aromatic N) is 1. The van der Waals surface area contributed by atoms with Crippen LogP contribution in [0.15, 0.2) is 49.1 Å². The molecule has 0 aliphatic rings. The van der Waals surface area contributed by atoms with Crippen LogP contribution in [0.25, 0.3) is 11.1 Å². The number of nitrogens with one attached hydrogen (secondary N) is 3. The summed E-state index contributed by atoms with van der Waals surface area (Å²) in [6.45, 7) is 0.440. The number of hydrogen-bond acceptors (Lipinski definition) is 4. The Kier molecular flexibility index (Phi) is 6.80. The van der Waals surface area contributed by atoms with E-state index in [1.807, 2.05) is 0 Å². The quantitative estimate of drug-likeness (QED) is 0.308. The molecule has 3 rings (SSSR count). The van der Waals surface area contributed by atoms with Gasteiger partial charge in [-0.05, 0) is 23.8 Å². The number of carbonyl (C=O) groups excluding carboxylic acids is 1. The number of hydrogen-bond donors (Lipinski definition) is 4. The number of aromatic nitrogens is 3. The van der Waals surface area contributed by atoms with Crippen LogP contribution in [-0.2, 0) is 16.6 Å². The average molecular weight is 440 g/mol. The van der Waals surface area contributed by atoms with Gasteiger partial charge in [0.15, 0.2) is 5.69 Å². The molecule has 2 heterocycles. The first kappa shape index (κ1) is 22.1. The van der Waals surface area contributed by atoms with Gasteiger partial charge in [0.25, 0.3) is 5.91 Å². The summed E-state index contributed by atoms with van der Waals surface area (Å²) < 4.78 is 23.6. The number of carboxylic acid groups (broad SMARTS) is 1. The van der Waals surface area contributed by atoms with E-state index in [4.69, 9.17) is 5.14 Å². The number of carboxylic acids is 1. The van der Waals surface area contributed by atoms with Gasteiger partial charge in [-0.3, -0.25) is 9.78 Å². The Morgan fingerprint density at radius 1 is 1.21 bits per heavy atom. The van der Waals surface area contributed by atoms with E-state index in [1.54, 1.807) is 24.7 Å². The van der Waals surface area contributed by atoms with Crippen LogP contribution in [0.1, 0.15) is 26.5 Å². The van der Waals surface area contributed by atoms with Gasteiger partial charge in [0.1, 0.15) is 11.9 Å². The molecule has 0 bridgehead atoms. The molecule has 0 saturated heterocycles. The highest BCUT2D eigenvalue weighted by atomic mass is 35.5. The third kappa shape index (κ3) is 5.02. The number of aromatic carboxylic acids is 1. The third-order valence-electron chi connectivity index (χ3n) is 4.07. The predicted molar refractivity (Wildman–Crippen MR) is 98.7 cm³/mol. The summed E-state index contributed by atoms with van der Waals surface area (Å²) >= 11 is 0. The highest BCUT2D eigenvalue weighted by molar-refractivity contribution is 7.87. The number of imidazole rings is 1. The van der Waals surface area contributed by atoms with Crippen molar-refractivity contribution in [1.29, 1.82) is 0 Å². The molecule has 1 aromatic carbocycles. The second-order valence-electron chi connectivity index (χ2n) is 5.93. The van der Waals surface area contributed by atoms with E-state index in [9.17, 15) is 23.1 Å². The topological polar surface area (TPSA) is 161 Å². The molecule has 0 spiro atoms. The maximum Gasteiger partial charge on any atom is 0.354 e. The summed E-state index contributed by atoms with van der Waals surface area (Å²) in [6.07, 6.45) is 5.20. The van der Waals surface area contributed by atoms with Gasteiger partial charge in [-0.15, -0.1) is 0 Å². The molecule has 0 fully saturated rings. The highest BCUT2D eigenvalue weighted by Gasteiger charge is 2.22. The first-order valence-electron chi connectivity index (χ1n) is 8.17. The van der Waals surface area contributed by atoms with Crippen LogP contribution in [0, 0.1) is 0 Å². The number of halogens is 1. The van der Waals surface area contributed by atoms with Gasteiger partial charge >= 0.3 is 16.2 Å². The molecule has 154 valence electrons. The number of amides is 1. The zero-order valence-electron chi connectivity index (χ0n) is 14.9. The number of carbonyl (C=O) groups is 2. The lowest BCUT2D eigenvalue weighted by atomic mass is 10.0. The lowest BCUT2D eigenvalue weighted by Crippen LogP contribution is -3.00. The van der Waals surface area contributed by atoms with Crippen LogP contribution >= 0.6 is 0 Å². The van der Waals surface area contributed by atoms with Gasteiger partial charge in [0.05, 0.1) is 0 Å². The minimum absolute atomic E-state index is 0. The predicted octanol–water partition coefficient (Wildman–Crippen LogP) is -2.98. The molecule has 2 aromatic heterocycles. The molecule has 0 aliphatic carbocycles. The molecule has 0 radical (unpaired) electrons. The average Bonchev–Trinajstić information content (AvgIpc) is 3.31. The number of benzene rings is 1. The zero-order valence-corrected chi connectivity index (χ0v) is 16.5. The zero-order chi connectivity index (χ0) is 20.3. The van der Waals surface area contributed by atoms with Crippen molar-refractivity contribution >= 4 is 22.1 Å². The Morgan fingerprint density at radius 3 is 2.45 bits per heavy atom. The lowest BCUT2D eigenvalue weighted by molar-refractivity contribution is -0.387. The maximum absolute atomic E-state index is 12.2. The molecule has 3 aromatic rings. The summed E-state index contributed by atoms with van der Waals surface area (Å²) in [5.74, 6) is -1.71. The molecule has 0 saturated carbocycles. The normalized spacial score (nSPS) is 10.9. The summed E-state index contributed by atoms with van der Waals surface area (Å²) in [6, 6.07) is 7.50. The molecule has 6 N–H and O–H groups in total. The number of aromatic amines is 2. The van der Waals surface area contributed by atoms with Crippen LogP contribution in [-0.4, -0.2) is 40.9 Å². The second-order valence-corrected chi connectivity index (χ2v) is 7.36. The Hall–Kier alpha value is -3.15. The van der Waals surface area contributed by atoms with Crippen LogP contribution < -0.4 is 27.8 Å². The summed E-state index contributed by atoms with van der Waals surface area (Å²) in [4.78, 5) is 29.6. The van der Waals surface area contributed by atoms with Gasteiger partial charge in [-0.25, -0.2) is 18.9 Å². The van der Waals surface area contributed by atoms with Crippen molar-refractivity contribution in [2.45, 2.75) is 6.42 Å². The fraction of sp³-hybridized carbons (Fsp3) is 0.118. The monoisotopic (exact) mass is 439 g/mol. The lowest BCUT2D eigenvalue weighted by Gasteiger charge is -2.07.